The van der Waals surface area contributed by atoms with Crippen LogP contribution >= 0.6 is 0 Å². The molecule has 0 saturated carbocycles. The fraction of sp³-hybridized carbons (Fsp3) is 0.833. The molecule has 3 rings (SSSR count). The average Bonchev–Trinajstić information content (AvgIpc) is 2.61. The van der Waals surface area contributed by atoms with E-state index in [-0.39, 0.29) is 17.4 Å². The smallest absolute Gasteiger partial charge is 0.225 e. The molecule has 130 valence electrons. The molecule has 0 N–H and O–H groups in total. The highest BCUT2D eigenvalue weighted by Crippen LogP contribution is 2.41. The van der Waals surface area contributed by atoms with E-state index in [1.165, 1.54) is 0 Å². The van der Waals surface area contributed by atoms with E-state index < -0.39 is 0 Å². The molecule has 3 fully saturated rings. The Balaban J connectivity index is 1.66. The van der Waals surface area contributed by atoms with Gasteiger partial charge in [0.25, 0.3) is 0 Å². The lowest BCUT2D eigenvalue weighted by atomic mass is 9.72. The molecule has 3 saturated heterocycles. The van der Waals surface area contributed by atoms with Gasteiger partial charge < -0.3 is 19.1 Å². The zero-order chi connectivity index (χ0) is 16.1. The van der Waals surface area contributed by atoms with Crippen molar-refractivity contribution in [2.75, 3.05) is 46.1 Å². The van der Waals surface area contributed by atoms with Gasteiger partial charge in [0.2, 0.25) is 5.91 Å². The number of carbonyl (C=O) groups is 1. The van der Waals surface area contributed by atoms with E-state index in [4.69, 9.17) is 14.2 Å². The van der Waals surface area contributed by atoms with Crippen molar-refractivity contribution in [1.29, 1.82) is 0 Å². The molecule has 3 heterocycles. The van der Waals surface area contributed by atoms with Crippen molar-refractivity contribution in [1.82, 2.24) is 4.90 Å². The second-order valence-corrected chi connectivity index (χ2v) is 7.06. The highest BCUT2D eigenvalue weighted by atomic mass is 16.5. The van der Waals surface area contributed by atoms with Gasteiger partial charge in [0.05, 0.1) is 19.3 Å². The Hall–Kier alpha value is -0.910. The van der Waals surface area contributed by atoms with Gasteiger partial charge in [-0.15, -0.1) is 6.58 Å². The molecular formula is C18H29NO4. The summed E-state index contributed by atoms with van der Waals surface area (Å²) < 4.78 is 17.2. The van der Waals surface area contributed by atoms with Crippen LogP contribution in [0.5, 0.6) is 0 Å². The molecule has 5 nitrogen and oxygen atoms in total. The summed E-state index contributed by atoms with van der Waals surface area (Å²) in [6.45, 7) is 8.77. The fourth-order valence-electron chi connectivity index (χ4n) is 4.24. The van der Waals surface area contributed by atoms with Gasteiger partial charge in [-0.05, 0) is 32.1 Å². The summed E-state index contributed by atoms with van der Waals surface area (Å²) in [5.74, 6) is 0.441. The SMILES string of the molecule is C=CCOC[C@]12CCCO[C@@H]1CCN(C(=O)C1CCOCC1)C2. The topological polar surface area (TPSA) is 48.0 Å². The third-order valence-electron chi connectivity index (χ3n) is 5.50. The predicted molar refractivity (Wildman–Crippen MR) is 87.2 cm³/mol. The molecule has 3 aliphatic rings. The number of piperidine rings is 1. The molecule has 0 aromatic rings. The number of amides is 1. The number of fused-ring (bicyclic) bond motifs is 1. The summed E-state index contributed by atoms with van der Waals surface area (Å²) in [7, 11) is 0. The van der Waals surface area contributed by atoms with E-state index in [1.54, 1.807) is 6.08 Å². The summed E-state index contributed by atoms with van der Waals surface area (Å²) in [4.78, 5) is 14.9. The lowest BCUT2D eigenvalue weighted by Crippen LogP contribution is -2.59. The number of carbonyl (C=O) groups excluding carboxylic acids is 1. The Morgan fingerprint density at radius 3 is 2.91 bits per heavy atom. The van der Waals surface area contributed by atoms with Crippen LogP contribution in [0.4, 0.5) is 0 Å². The molecule has 0 unspecified atom stereocenters. The molecule has 0 aliphatic carbocycles. The van der Waals surface area contributed by atoms with Gasteiger partial charge >= 0.3 is 0 Å². The average molecular weight is 323 g/mol. The first kappa shape index (κ1) is 16.9. The van der Waals surface area contributed by atoms with E-state index in [2.05, 4.69) is 11.5 Å². The summed E-state index contributed by atoms with van der Waals surface area (Å²) in [5, 5.41) is 0. The minimum Gasteiger partial charge on any atom is -0.381 e. The number of nitrogens with zero attached hydrogens (tertiary/aromatic N) is 1. The van der Waals surface area contributed by atoms with Gasteiger partial charge in [-0.1, -0.05) is 6.08 Å². The summed E-state index contributed by atoms with van der Waals surface area (Å²) in [6, 6.07) is 0. The lowest BCUT2D eigenvalue weighted by molar-refractivity contribution is -0.167. The third kappa shape index (κ3) is 3.78. The van der Waals surface area contributed by atoms with Crippen molar-refractivity contribution in [3.05, 3.63) is 12.7 Å². The van der Waals surface area contributed by atoms with Crippen molar-refractivity contribution >= 4 is 5.91 Å². The fourth-order valence-corrected chi connectivity index (χ4v) is 4.24. The van der Waals surface area contributed by atoms with Crippen molar-refractivity contribution < 1.29 is 19.0 Å². The molecule has 3 aliphatic heterocycles. The number of hydrogen-bond acceptors (Lipinski definition) is 4. The Kier molecular flexibility index (Phi) is 5.72. The van der Waals surface area contributed by atoms with Crippen LogP contribution in [0.1, 0.15) is 32.1 Å². The molecule has 5 heteroatoms. The second kappa shape index (κ2) is 7.77. The maximum absolute atomic E-state index is 12.9. The number of ether oxygens (including phenoxy) is 3. The largest absolute Gasteiger partial charge is 0.381 e. The van der Waals surface area contributed by atoms with Gasteiger partial charge in [0, 0.05) is 44.2 Å². The molecule has 0 aromatic heterocycles. The molecular weight excluding hydrogens is 294 g/mol. The maximum atomic E-state index is 12.9. The van der Waals surface area contributed by atoms with Crippen LogP contribution in [0, 0.1) is 11.3 Å². The van der Waals surface area contributed by atoms with Crippen molar-refractivity contribution in [2.45, 2.75) is 38.2 Å². The number of rotatable bonds is 5. The second-order valence-electron chi connectivity index (χ2n) is 7.06. The number of likely N-dealkylation sites (tertiary alicyclic amines) is 1. The maximum Gasteiger partial charge on any atom is 0.225 e. The van der Waals surface area contributed by atoms with E-state index in [1.807, 2.05) is 0 Å². The Labute approximate surface area is 138 Å². The van der Waals surface area contributed by atoms with Crippen LogP contribution in [0.3, 0.4) is 0 Å². The molecule has 0 radical (unpaired) electrons. The Bertz CT molecular complexity index is 421. The van der Waals surface area contributed by atoms with Crippen molar-refractivity contribution in [2.24, 2.45) is 11.3 Å². The zero-order valence-corrected chi connectivity index (χ0v) is 14.0. The Morgan fingerprint density at radius 1 is 1.30 bits per heavy atom. The molecule has 0 bridgehead atoms. The van der Waals surface area contributed by atoms with E-state index in [0.717, 1.165) is 51.8 Å². The molecule has 2 atom stereocenters. The monoisotopic (exact) mass is 323 g/mol. The van der Waals surface area contributed by atoms with Gasteiger partial charge in [-0.25, -0.2) is 0 Å². The first-order valence-corrected chi connectivity index (χ1v) is 8.92. The van der Waals surface area contributed by atoms with Crippen LogP contribution in [0.25, 0.3) is 0 Å². The van der Waals surface area contributed by atoms with Gasteiger partial charge in [-0.2, -0.15) is 0 Å². The Morgan fingerprint density at radius 2 is 2.13 bits per heavy atom. The highest BCUT2D eigenvalue weighted by Gasteiger charge is 2.47. The summed E-state index contributed by atoms with van der Waals surface area (Å²) >= 11 is 0. The minimum absolute atomic E-state index is 0.0413. The normalized spacial score (nSPS) is 32.3. The summed E-state index contributed by atoms with van der Waals surface area (Å²) in [5.41, 5.74) is -0.0413. The minimum atomic E-state index is -0.0413. The molecule has 0 aromatic carbocycles. The van der Waals surface area contributed by atoms with Crippen molar-refractivity contribution in [3.63, 3.8) is 0 Å². The molecule has 0 spiro atoms. The number of hydrogen-bond donors (Lipinski definition) is 0. The van der Waals surface area contributed by atoms with Gasteiger partial charge in [-0.3, -0.25) is 4.79 Å². The van der Waals surface area contributed by atoms with Crippen molar-refractivity contribution in [3.8, 4) is 0 Å². The third-order valence-corrected chi connectivity index (χ3v) is 5.50. The quantitative estimate of drug-likeness (QED) is 0.574. The van der Waals surface area contributed by atoms with Gasteiger partial charge in [0.1, 0.15) is 0 Å². The first-order valence-electron chi connectivity index (χ1n) is 8.92. The van der Waals surface area contributed by atoms with Crippen LogP contribution in [0.2, 0.25) is 0 Å². The van der Waals surface area contributed by atoms with Crippen LogP contribution in [0.15, 0.2) is 12.7 Å². The predicted octanol–water partition coefficient (Wildman–Crippen LogP) is 2.01. The van der Waals surface area contributed by atoms with Crippen LogP contribution < -0.4 is 0 Å². The molecule has 23 heavy (non-hydrogen) atoms. The van der Waals surface area contributed by atoms with Crippen LogP contribution in [-0.4, -0.2) is 63.0 Å². The molecule has 1 amide bonds. The lowest BCUT2D eigenvalue weighted by Gasteiger charge is -2.50. The van der Waals surface area contributed by atoms with E-state index in [9.17, 15) is 4.79 Å². The van der Waals surface area contributed by atoms with Gasteiger partial charge in [0.15, 0.2) is 0 Å². The van der Waals surface area contributed by atoms with E-state index >= 15 is 0 Å². The zero-order valence-electron chi connectivity index (χ0n) is 14.0. The summed E-state index contributed by atoms with van der Waals surface area (Å²) in [6.07, 6.45) is 6.76. The van der Waals surface area contributed by atoms with E-state index in [0.29, 0.717) is 32.3 Å². The highest BCUT2D eigenvalue weighted by molar-refractivity contribution is 5.79. The van der Waals surface area contributed by atoms with Crippen LogP contribution in [-0.2, 0) is 19.0 Å². The first-order chi connectivity index (χ1) is 11.2. The standard InChI is InChI=1S/C18H29NO4/c1-2-9-22-14-18-7-3-10-23-16(18)4-8-19(13-18)17(20)15-5-11-21-12-6-15/h2,15-16H,1,3-14H2/t16-,18-/m1/s1.